The molecular weight excluding hydrogens is 402 g/mol. The van der Waals surface area contributed by atoms with E-state index in [1.807, 2.05) is 18.2 Å². The van der Waals surface area contributed by atoms with E-state index in [9.17, 15) is 0 Å². The zero-order chi connectivity index (χ0) is 18.5. The fraction of sp³-hybridized carbons (Fsp3) is 0.333. The van der Waals surface area contributed by atoms with Crippen molar-refractivity contribution in [1.82, 2.24) is 4.98 Å². The normalized spacial score (nSPS) is 14.2. The Kier molecular flexibility index (Phi) is 6.06. The molecule has 0 atom stereocenters. The van der Waals surface area contributed by atoms with Crippen molar-refractivity contribution in [3.8, 4) is 11.6 Å². The van der Waals surface area contributed by atoms with E-state index < -0.39 is 6.29 Å². The van der Waals surface area contributed by atoms with E-state index in [1.165, 1.54) is 0 Å². The minimum Gasteiger partial charge on any atom is -0.439 e. The van der Waals surface area contributed by atoms with Gasteiger partial charge in [0.05, 0.1) is 26.4 Å². The van der Waals surface area contributed by atoms with Crippen LogP contribution in [0.3, 0.4) is 0 Å². The highest BCUT2D eigenvalue weighted by atomic mass is 79.9. The first-order valence-corrected chi connectivity index (χ1v) is 8.82. The van der Waals surface area contributed by atoms with Crippen LogP contribution in [0.2, 0.25) is 0 Å². The van der Waals surface area contributed by atoms with E-state index in [0.717, 1.165) is 10.0 Å². The first-order chi connectivity index (χ1) is 12.6. The highest BCUT2D eigenvalue weighted by Gasteiger charge is 2.21. The second-order valence-corrected chi connectivity index (χ2v) is 6.46. The molecule has 0 spiro atoms. The molecular formula is C18H18BrN3O4. The average molecular weight is 420 g/mol. The summed E-state index contributed by atoms with van der Waals surface area (Å²) in [6, 6.07) is 8.81. The summed E-state index contributed by atoms with van der Waals surface area (Å²) in [7, 11) is 1.77. The van der Waals surface area contributed by atoms with Crippen LogP contribution in [0, 0.1) is 6.57 Å². The summed E-state index contributed by atoms with van der Waals surface area (Å²) in [6.45, 7) is 8.73. The maximum absolute atomic E-state index is 9.12. The minimum absolute atomic E-state index is 0.0296. The van der Waals surface area contributed by atoms with Gasteiger partial charge in [-0.1, -0.05) is 15.9 Å². The standard InChI is InChI=1S/C18H18BrN3O4/c1-20-15-5-6-16(21-17(15)22(2)7-8-23)26-12-3-4-14(19)13(11-12)18-24-9-10-25-18/h3-6,11,18,23H,7-10H2,2H3. The molecule has 1 fully saturated rings. The van der Waals surface area contributed by atoms with Crippen LogP contribution in [-0.4, -0.2) is 43.5 Å². The third-order valence-electron chi connectivity index (χ3n) is 3.81. The Balaban J connectivity index is 1.86. The molecule has 136 valence electrons. The second-order valence-electron chi connectivity index (χ2n) is 5.61. The molecule has 1 aliphatic rings. The molecule has 0 unspecified atom stereocenters. The number of nitrogens with zero attached hydrogens (tertiary/aromatic N) is 3. The number of hydrogen-bond donors (Lipinski definition) is 1. The van der Waals surface area contributed by atoms with Gasteiger partial charge in [0.15, 0.2) is 6.29 Å². The quantitative estimate of drug-likeness (QED) is 0.720. The second kappa shape index (κ2) is 8.47. The Morgan fingerprint density at radius 3 is 2.81 bits per heavy atom. The van der Waals surface area contributed by atoms with Crippen molar-refractivity contribution in [3.63, 3.8) is 0 Å². The van der Waals surface area contributed by atoms with Gasteiger partial charge in [0.25, 0.3) is 0 Å². The Bertz CT molecular complexity index is 819. The van der Waals surface area contributed by atoms with Crippen molar-refractivity contribution in [3.05, 3.63) is 51.8 Å². The lowest BCUT2D eigenvalue weighted by Gasteiger charge is -2.19. The molecule has 0 bridgehead atoms. The van der Waals surface area contributed by atoms with Crippen LogP contribution in [0.4, 0.5) is 11.5 Å². The summed E-state index contributed by atoms with van der Waals surface area (Å²) in [5.74, 6) is 1.41. The van der Waals surface area contributed by atoms with Gasteiger partial charge in [-0.05, 0) is 30.3 Å². The number of aliphatic hydroxyl groups is 1. The largest absolute Gasteiger partial charge is 0.439 e. The highest BCUT2D eigenvalue weighted by molar-refractivity contribution is 9.10. The first kappa shape index (κ1) is 18.6. The lowest BCUT2D eigenvalue weighted by Crippen LogP contribution is -2.22. The lowest BCUT2D eigenvalue weighted by atomic mass is 10.2. The molecule has 3 rings (SSSR count). The summed E-state index contributed by atoms with van der Waals surface area (Å²) in [6.07, 6.45) is -0.420. The smallest absolute Gasteiger partial charge is 0.228 e. The molecule has 7 nitrogen and oxygen atoms in total. The van der Waals surface area contributed by atoms with Gasteiger partial charge in [-0.15, -0.1) is 0 Å². The number of benzene rings is 1. The SMILES string of the molecule is [C-]#[N+]c1ccc(Oc2ccc(Br)c(C3OCCO3)c2)nc1N(C)CCO. The predicted octanol–water partition coefficient (Wildman–Crippen LogP) is 3.66. The van der Waals surface area contributed by atoms with E-state index in [4.69, 9.17) is 25.9 Å². The van der Waals surface area contributed by atoms with Crippen LogP contribution >= 0.6 is 15.9 Å². The number of likely N-dealkylation sites (N-methyl/N-ethyl adjacent to an activating group) is 1. The molecule has 1 aromatic heterocycles. The topological polar surface area (TPSA) is 68.4 Å². The Morgan fingerprint density at radius 2 is 2.12 bits per heavy atom. The summed E-state index contributed by atoms with van der Waals surface area (Å²) in [4.78, 5) is 9.60. The third kappa shape index (κ3) is 4.14. The molecule has 8 heteroatoms. The summed E-state index contributed by atoms with van der Waals surface area (Å²) < 4.78 is 17.8. The van der Waals surface area contributed by atoms with Crippen molar-refractivity contribution in [1.29, 1.82) is 0 Å². The molecule has 0 amide bonds. The number of hydrogen-bond acceptors (Lipinski definition) is 6. The predicted molar refractivity (Wildman–Crippen MR) is 99.7 cm³/mol. The fourth-order valence-electron chi connectivity index (χ4n) is 2.53. The van der Waals surface area contributed by atoms with Crippen LogP contribution in [-0.2, 0) is 9.47 Å². The van der Waals surface area contributed by atoms with Gasteiger partial charge in [0.1, 0.15) is 11.6 Å². The van der Waals surface area contributed by atoms with Crippen molar-refractivity contribution in [2.24, 2.45) is 0 Å². The van der Waals surface area contributed by atoms with Gasteiger partial charge >= 0.3 is 0 Å². The Hall–Kier alpha value is -2.18. The number of anilines is 1. The maximum Gasteiger partial charge on any atom is 0.228 e. The number of aromatic nitrogens is 1. The number of rotatable bonds is 6. The van der Waals surface area contributed by atoms with Crippen molar-refractivity contribution < 1.29 is 19.3 Å². The minimum atomic E-state index is -0.420. The van der Waals surface area contributed by atoms with Crippen molar-refractivity contribution in [2.45, 2.75) is 6.29 Å². The van der Waals surface area contributed by atoms with Crippen LogP contribution in [0.5, 0.6) is 11.6 Å². The summed E-state index contributed by atoms with van der Waals surface area (Å²) >= 11 is 3.50. The lowest BCUT2D eigenvalue weighted by molar-refractivity contribution is -0.0447. The van der Waals surface area contributed by atoms with Gasteiger partial charge < -0.3 is 24.2 Å². The molecule has 1 N–H and O–H groups in total. The van der Waals surface area contributed by atoms with Crippen molar-refractivity contribution in [2.75, 3.05) is 38.3 Å². The van der Waals surface area contributed by atoms with Crippen LogP contribution in [0.15, 0.2) is 34.8 Å². The molecule has 2 aromatic rings. The Morgan fingerprint density at radius 1 is 1.35 bits per heavy atom. The third-order valence-corrected chi connectivity index (χ3v) is 4.53. The number of aliphatic hydroxyl groups excluding tert-OH is 1. The molecule has 26 heavy (non-hydrogen) atoms. The van der Waals surface area contributed by atoms with Crippen LogP contribution in [0.1, 0.15) is 11.9 Å². The summed E-state index contributed by atoms with van der Waals surface area (Å²) in [5, 5.41) is 9.12. The molecule has 0 radical (unpaired) electrons. The average Bonchev–Trinajstić information content (AvgIpc) is 3.18. The monoisotopic (exact) mass is 419 g/mol. The molecule has 1 aromatic carbocycles. The highest BCUT2D eigenvalue weighted by Crippen LogP contribution is 2.35. The molecule has 0 saturated carbocycles. The summed E-state index contributed by atoms with van der Waals surface area (Å²) in [5.41, 5.74) is 1.24. The number of halogens is 1. The maximum atomic E-state index is 9.12. The van der Waals surface area contributed by atoms with Crippen molar-refractivity contribution >= 4 is 27.4 Å². The zero-order valence-corrected chi connectivity index (χ0v) is 15.8. The number of pyridine rings is 1. The van der Waals surface area contributed by atoms with Gasteiger partial charge in [-0.2, -0.15) is 0 Å². The fourth-order valence-corrected chi connectivity index (χ4v) is 2.96. The number of ether oxygens (including phenoxy) is 3. The molecule has 1 saturated heterocycles. The molecule has 1 aliphatic heterocycles. The van der Waals surface area contributed by atoms with Crippen LogP contribution < -0.4 is 9.64 Å². The van der Waals surface area contributed by atoms with E-state index >= 15 is 0 Å². The van der Waals surface area contributed by atoms with E-state index in [-0.39, 0.29) is 6.61 Å². The molecule has 2 heterocycles. The van der Waals surface area contributed by atoms with Gasteiger partial charge in [0, 0.05) is 23.6 Å². The van der Waals surface area contributed by atoms with E-state index in [0.29, 0.717) is 42.9 Å². The molecule has 0 aliphatic carbocycles. The van der Waals surface area contributed by atoms with E-state index in [2.05, 4.69) is 25.8 Å². The Labute approximate surface area is 160 Å². The van der Waals surface area contributed by atoms with Gasteiger partial charge in [-0.25, -0.2) is 9.83 Å². The zero-order valence-electron chi connectivity index (χ0n) is 14.2. The van der Waals surface area contributed by atoms with E-state index in [1.54, 1.807) is 24.1 Å². The van der Waals surface area contributed by atoms with Gasteiger partial charge in [0.2, 0.25) is 11.6 Å². The van der Waals surface area contributed by atoms with Gasteiger partial charge in [-0.3, -0.25) is 0 Å². The first-order valence-electron chi connectivity index (χ1n) is 8.03. The van der Waals surface area contributed by atoms with Crippen LogP contribution in [0.25, 0.3) is 4.85 Å².